The summed E-state index contributed by atoms with van der Waals surface area (Å²) in [6.07, 6.45) is 0.913. The Hall–Kier alpha value is -3.29. The molecule has 0 radical (unpaired) electrons. The lowest BCUT2D eigenvalue weighted by atomic mass is 9.71. The molecule has 1 aliphatic heterocycles. The molecule has 2 aliphatic rings. The summed E-state index contributed by atoms with van der Waals surface area (Å²) in [4.78, 5) is 26.8. The minimum atomic E-state index is -0.658. The molecule has 0 fully saturated rings. The predicted molar refractivity (Wildman–Crippen MR) is 132 cm³/mol. The van der Waals surface area contributed by atoms with Gasteiger partial charge in [-0.15, -0.1) is 0 Å². The molecule has 2 aromatic carbocycles. The summed E-state index contributed by atoms with van der Waals surface area (Å²) in [5.41, 5.74) is 3.98. The Morgan fingerprint density at radius 3 is 2.49 bits per heavy atom. The highest BCUT2D eigenvalue weighted by atomic mass is 35.5. The zero-order valence-corrected chi connectivity index (χ0v) is 20.6. The third kappa shape index (κ3) is 5.06. The molecule has 2 aromatic rings. The number of nitrogens with one attached hydrogen (secondary N) is 1. The highest BCUT2D eigenvalue weighted by Gasteiger charge is 2.41. The monoisotopic (exact) mass is 497 g/mol. The molecule has 1 aliphatic carbocycles. The molecule has 1 heterocycles. The van der Waals surface area contributed by atoms with Crippen molar-refractivity contribution in [2.24, 2.45) is 0 Å². The number of hydrogen-bond donors (Lipinski definition) is 2. The number of carbonyl (C=O) groups excluding carboxylic acids is 2. The van der Waals surface area contributed by atoms with Gasteiger partial charge in [0.2, 0.25) is 0 Å². The van der Waals surface area contributed by atoms with Gasteiger partial charge in [-0.1, -0.05) is 29.8 Å². The Morgan fingerprint density at radius 2 is 1.80 bits per heavy atom. The van der Waals surface area contributed by atoms with Crippen LogP contribution in [0.5, 0.6) is 11.5 Å². The maximum atomic E-state index is 13.6. The fourth-order valence-electron chi connectivity index (χ4n) is 4.78. The minimum absolute atomic E-state index is 0.0102. The van der Waals surface area contributed by atoms with Crippen molar-refractivity contribution in [2.45, 2.75) is 31.6 Å². The summed E-state index contributed by atoms with van der Waals surface area (Å²) in [7, 11) is 2.98. The predicted octanol–water partition coefficient (Wildman–Crippen LogP) is 4.61. The smallest absolute Gasteiger partial charge is 0.336 e. The SMILES string of the molecule is COCCOC(=O)C1=C(C)NC2=C(C(=O)C[C@@H](c3ccc(Cl)cc3)C2)[C@@H]1c1ccc(O)c(OC)c1. The van der Waals surface area contributed by atoms with Gasteiger partial charge in [-0.2, -0.15) is 0 Å². The van der Waals surface area contributed by atoms with Crippen LogP contribution in [-0.4, -0.2) is 44.3 Å². The van der Waals surface area contributed by atoms with Crippen molar-refractivity contribution in [1.29, 1.82) is 0 Å². The number of aromatic hydroxyl groups is 1. The Labute approximate surface area is 209 Å². The highest BCUT2D eigenvalue weighted by molar-refractivity contribution is 6.30. The number of phenols is 1. The Morgan fingerprint density at radius 1 is 1.09 bits per heavy atom. The lowest BCUT2D eigenvalue weighted by molar-refractivity contribution is -0.140. The van der Waals surface area contributed by atoms with Gasteiger partial charge in [-0.05, 0) is 54.7 Å². The van der Waals surface area contributed by atoms with Gasteiger partial charge < -0.3 is 24.6 Å². The third-order valence-corrected chi connectivity index (χ3v) is 6.70. The third-order valence-electron chi connectivity index (χ3n) is 6.45. The molecular formula is C27H28ClNO6. The van der Waals surface area contributed by atoms with Crippen LogP contribution in [0.3, 0.4) is 0 Å². The maximum absolute atomic E-state index is 13.6. The number of hydrogen-bond acceptors (Lipinski definition) is 7. The number of rotatable bonds is 7. The molecule has 0 saturated carbocycles. The van der Waals surface area contributed by atoms with Gasteiger partial charge in [-0.25, -0.2) is 4.79 Å². The normalized spacial score (nSPS) is 19.8. The van der Waals surface area contributed by atoms with Crippen LogP contribution in [0.1, 0.15) is 42.7 Å². The van der Waals surface area contributed by atoms with Crippen molar-refractivity contribution in [2.75, 3.05) is 27.4 Å². The number of ether oxygens (including phenoxy) is 3. The van der Waals surface area contributed by atoms with Crippen LogP contribution in [0.2, 0.25) is 5.02 Å². The molecular weight excluding hydrogens is 470 g/mol. The first-order chi connectivity index (χ1) is 16.8. The summed E-state index contributed by atoms with van der Waals surface area (Å²) in [6.45, 7) is 2.16. The van der Waals surface area contributed by atoms with Crippen molar-refractivity contribution in [1.82, 2.24) is 5.32 Å². The summed E-state index contributed by atoms with van der Waals surface area (Å²) < 4.78 is 15.8. The number of carbonyl (C=O) groups is 2. The molecule has 8 heteroatoms. The van der Waals surface area contributed by atoms with E-state index in [9.17, 15) is 14.7 Å². The second kappa shape index (κ2) is 10.5. The van der Waals surface area contributed by atoms with Gasteiger partial charge in [-0.3, -0.25) is 4.79 Å². The number of Topliss-reactive ketones (excluding diaryl/α,β-unsaturated/α-hetero) is 1. The van der Waals surface area contributed by atoms with Gasteiger partial charge in [0, 0.05) is 41.4 Å². The molecule has 35 heavy (non-hydrogen) atoms. The van der Waals surface area contributed by atoms with Crippen LogP contribution in [0.4, 0.5) is 0 Å². The second-order valence-corrected chi connectivity index (χ2v) is 9.07. The zero-order valence-electron chi connectivity index (χ0n) is 19.9. The number of ketones is 1. The van der Waals surface area contributed by atoms with E-state index in [-0.39, 0.29) is 36.4 Å². The van der Waals surface area contributed by atoms with Gasteiger partial charge in [0.05, 0.1) is 19.3 Å². The molecule has 0 amide bonds. The van der Waals surface area contributed by atoms with E-state index in [1.807, 2.05) is 24.3 Å². The van der Waals surface area contributed by atoms with Crippen LogP contribution in [0.25, 0.3) is 0 Å². The number of methoxy groups -OCH3 is 2. The Balaban J connectivity index is 1.77. The number of allylic oxidation sites excluding steroid dienone is 3. The fraction of sp³-hybridized carbons (Fsp3) is 0.333. The number of dihydropyridines is 1. The molecule has 0 aromatic heterocycles. The molecule has 0 saturated heterocycles. The highest BCUT2D eigenvalue weighted by Crippen LogP contribution is 2.47. The Kier molecular flexibility index (Phi) is 7.48. The van der Waals surface area contributed by atoms with Crippen LogP contribution >= 0.6 is 11.6 Å². The van der Waals surface area contributed by atoms with Crippen molar-refractivity contribution >= 4 is 23.4 Å². The largest absolute Gasteiger partial charge is 0.504 e. The molecule has 0 bridgehead atoms. The summed E-state index contributed by atoms with van der Waals surface area (Å²) in [6, 6.07) is 12.4. The van der Waals surface area contributed by atoms with Crippen LogP contribution in [-0.2, 0) is 19.1 Å². The quantitative estimate of drug-likeness (QED) is 0.426. The first-order valence-electron chi connectivity index (χ1n) is 11.4. The van der Waals surface area contributed by atoms with Crippen LogP contribution in [0, 0.1) is 0 Å². The number of halogens is 1. The van der Waals surface area contributed by atoms with Gasteiger partial charge >= 0.3 is 5.97 Å². The zero-order chi connectivity index (χ0) is 25.1. The molecule has 0 unspecified atom stereocenters. The standard InChI is InChI=1S/C27H28ClNO6/c1-15-24(27(32)35-11-10-33-2)25(17-6-9-21(30)23(14-17)34-3)26-20(29-15)12-18(13-22(26)31)16-4-7-19(28)8-5-16/h4-9,14,18,25,29-30H,10-13H2,1-3H3/t18-,25+/m0/s1. The Bertz CT molecular complexity index is 1200. The van der Waals surface area contributed by atoms with E-state index < -0.39 is 11.9 Å². The average Bonchev–Trinajstić information content (AvgIpc) is 2.84. The van der Waals surface area contributed by atoms with Gasteiger partial charge in [0.25, 0.3) is 0 Å². The molecule has 184 valence electrons. The van der Waals surface area contributed by atoms with E-state index in [1.165, 1.54) is 20.3 Å². The van der Waals surface area contributed by atoms with Crippen LogP contribution < -0.4 is 10.1 Å². The molecule has 4 rings (SSSR count). The van der Waals surface area contributed by atoms with Crippen molar-refractivity contribution < 1.29 is 28.9 Å². The fourth-order valence-corrected chi connectivity index (χ4v) is 4.91. The van der Waals surface area contributed by atoms with Crippen LogP contribution in [0.15, 0.2) is 65.0 Å². The molecule has 2 N–H and O–H groups in total. The van der Waals surface area contributed by atoms with E-state index in [4.69, 9.17) is 25.8 Å². The van der Waals surface area contributed by atoms with Gasteiger partial charge in [0.15, 0.2) is 17.3 Å². The first kappa shape index (κ1) is 24.8. The topological polar surface area (TPSA) is 94.1 Å². The van der Waals surface area contributed by atoms with E-state index in [0.29, 0.717) is 40.3 Å². The average molecular weight is 498 g/mol. The lowest BCUT2D eigenvalue weighted by Gasteiger charge is -2.36. The van der Waals surface area contributed by atoms with Crippen molar-refractivity contribution in [3.63, 3.8) is 0 Å². The maximum Gasteiger partial charge on any atom is 0.336 e. The number of phenolic OH excluding ortho intramolecular Hbond substituents is 1. The summed E-state index contributed by atoms with van der Waals surface area (Å²) in [5.74, 6) is -1.01. The van der Waals surface area contributed by atoms with Gasteiger partial charge in [0.1, 0.15) is 6.61 Å². The van der Waals surface area contributed by atoms with Crippen molar-refractivity contribution in [3.05, 3.63) is 81.2 Å². The van der Waals surface area contributed by atoms with E-state index >= 15 is 0 Å². The van der Waals surface area contributed by atoms with E-state index in [0.717, 1.165) is 11.3 Å². The van der Waals surface area contributed by atoms with Crippen molar-refractivity contribution in [3.8, 4) is 11.5 Å². The molecule has 0 spiro atoms. The molecule has 2 atom stereocenters. The second-order valence-electron chi connectivity index (χ2n) is 8.63. The number of benzene rings is 2. The first-order valence-corrected chi connectivity index (χ1v) is 11.7. The lowest BCUT2D eigenvalue weighted by Crippen LogP contribution is -2.36. The summed E-state index contributed by atoms with van der Waals surface area (Å²) >= 11 is 6.05. The number of esters is 1. The summed E-state index contributed by atoms with van der Waals surface area (Å²) in [5, 5.41) is 14.1. The molecule has 7 nitrogen and oxygen atoms in total. The van der Waals surface area contributed by atoms with E-state index in [1.54, 1.807) is 19.1 Å². The minimum Gasteiger partial charge on any atom is -0.504 e. The van der Waals surface area contributed by atoms with E-state index in [2.05, 4.69) is 5.32 Å².